The standard InChI is InChI=1S/C16H24N2O3/c1-17-11-13-6-7-14(15(10-13)20-2)21-12-16(19)18-8-4-3-5-9-18/h6-7,10,17H,3-5,8-9,11-12H2,1-2H3. The Hall–Kier alpha value is -1.75. The van der Waals surface area contributed by atoms with Crippen LogP contribution in [0, 0.1) is 0 Å². The molecule has 0 radical (unpaired) electrons. The number of hydrogen-bond acceptors (Lipinski definition) is 4. The highest BCUT2D eigenvalue weighted by atomic mass is 16.5. The van der Waals surface area contributed by atoms with E-state index >= 15 is 0 Å². The largest absolute Gasteiger partial charge is 0.493 e. The SMILES string of the molecule is CNCc1ccc(OCC(=O)N2CCCCC2)c(OC)c1. The van der Waals surface area contributed by atoms with E-state index in [2.05, 4.69) is 5.32 Å². The zero-order valence-corrected chi connectivity index (χ0v) is 12.9. The number of benzene rings is 1. The number of methoxy groups -OCH3 is 1. The Kier molecular flexibility index (Phi) is 5.87. The molecular formula is C16H24N2O3. The zero-order chi connectivity index (χ0) is 15.1. The molecule has 1 aliphatic rings. The Morgan fingerprint density at radius 2 is 2.00 bits per heavy atom. The van der Waals surface area contributed by atoms with Gasteiger partial charge in [-0.3, -0.25) is 4.79 Å². The molecule has 1 aliphatic heterocycles. The van der Waals surface area contributed by atoms with E-state index in [1.807, 2.05) is 30.1 Å². The summed E-state index contributed by atoms with van der Waals surface area (Å²) in [7, 11) is 3.51. The number of piperidine rings is 1. The summed E-state index contributed by atoms with van der Waals surface area (Å²) in [6.07, 6.45) is 3.40. The molecule has 0 bridgehead atoms. The van der Waals surface area contributed by atoms with Crippen LogP contribution in [0.3, 0.4) is 0 Å². The summed E-state index contributed by atoms with van der Waals surface area (Å²) in [5, 5.41) is 3.09. The predicted octanol–water partition coefficient (Wildman–Crippen LogP) is 1.81. The summed E-state index contributed by atoms with van der Waals surface area (Å²) < 4.78 is 11.0. The monoisotopic (exact) mass is 292 g/mol. The van der Waals surface area contributed by atoms with Gasteiger partial charge in [-0.15, -0.1) is 0 Å². The summed E-state index contributed by atoms with van der Waals surface area (Å²) in [5.74, 6) is 1.33. The number of ether oxygens (including phenoxy) is 2. The van der Waals surface area contributed by atoms with Gasteiger partial charge in [0.1, 0.15) is 0 Å². The molecule has 1 aromatic rings. The van der Waals surface area contributed by atoms with Crippen LogP contribution in [-0.4, -0.2) is 44.7 Å². The minimum absolute atomic E-state index is 0.0519. The van der Waals surface area contributed by atoms with E-state index < -0.39 is 0 Å². The van der Waals surface area contributed by atoms with E-state index in [1.165, 1.54) is 6.42 Å². The Morgan fingerprint density at radius 1 is 1.24 bits per heavy atom. The lowest BCUT2D eigenvalue weighted by Crippen LogP contribution is -2.38. The van der Waals surface area contributed by atoms with Gasteiger partial charge >= 0.3 is 0 Å². The van der Waals surface area contributed by atoms with Gasteiger partial charge in [-0.25, -0.2) is 0 Å². The quantitative estimate of drug-likeness (QED) is 0.869. The first-order valence-electron chi connectivity index (χ1n) is 7.46. The minimum atomic E-state index is 0.0519. The third kappa shape index (κ3) is 4.36. The predicted molar refractivity (Wildman–Crippen MR) is 81.7 cm³/mol. The molecule has 0 aliphatic carbocycles. The van der Waals surface area contributed by atoms with Crippen molar-refractivity contribution in [1.82, 2.24) is 10.2 Å². The summed E-state index contributed by atoms with van der Waals surface area (Å²) in [4.78, 5) is 14.0. The lowest BCUT2D eigenvalue weighted by atomic mass is 10.1. The van der Waals surface area contributed by atoms with Gasteiger partial charge in [-0.1, -0.05) is 6.07 Å². The molecule has 0 atom stereocenters. The highest BCUT2D eigenvalue weighted by Crippen LogP contribution is 2.28. The van der Waals surface area contributed by atoms with Gasteiger partial charge in [0.2, 0.25) is 0 Å². The second kappa shape index (κ2) is 7.88. The molecule has 0 aromatic heterocycles. The fourth-order valence-electron chi connectivity index (χ4n) is 2.52. The molecule has 1 saturated heterocycles. The van der Waals surface area contributed by atoms with Gasteiger partial charge in [0.25, 0.3) is 5.91 Å². The third-order valence-electron chi connectivity index (χ3n) is 3.67. The lowest BCUT2D eigenvalue weighted by Gasteiger charge is -2.26. The van der Waals surface area contributed by atoms with Gasteiger partial charge in [0, 0.05) is 19.6 Å². The summed E-state index contributed by atoms with van der Waals surface area (Å²) in [6.45, 7) is 2.53. The molecule has 1 fully saturated rings. The maximum absolute atomic E-state index is 12.1. The van der Waals surface area contributed by atoms with Crippen LogP contribution in [0.4, 0.5) is 0 Å². The Morgan fingerprint density at radius 3 is 2.67 bits per heavy atom. The van der Waals surface area contributed by atoms with Crippen LogP contribution in [0.25, 0.3) is 0 Å². The van der Waals surface area contributed by atoms with E-state index in [4.69, 9.17) is 9.47 Å². The number of nitrogens with one attached hydrogen (secondary N) is 1. The Bertz CT molecular complexity index is 471. The molecule has 21 heavy (non-hydrogen) atoms. The third-order valence-corrected chi connectivity index (χ3v) is 3.67. The molecule has 1 heterocycles. The first kappa shape index (κ1) is 15.6. The van der Waals surface area contributed by atoms with Crippen molar-refractivity contribution in [3.8, 4) is 11.5 Å². The first-order chi connectivity index (χ1) is 10.2. The van der Waals surface area contributed by atoms with Gasteiger partial charge < -0.3 is 19.7 Å². The molecule has 5 nitrogen and oxygen atoms in total. The molecule has 116 valence electrons. The summed E-state index contributed by atoms with van der Waals surface area (Å²) in [5.41, 5.74) is 1.11. The second-order valence-electron chi connectivity index (χ2n) is 5.25. The molecule has 2 rings (SSSR count). The fraction of sp³-hybridized carbons (Fsp3) is 0.562. The Labute approximate surface area is 126 Å². The van der Waals surface area contributed by atoms with Crippen molar-refractivity contribution < 1.29 is 14.3 Å². The molecule has 1 aromatic carbocycles. The number of amides is 1. The van der Waals surface area contributed by atoms with Crippen LogP contribution in [-0.2, 0) is 11.3 Å². The lowest BCUT2D eigenvalue weighted by molar-refractivity contribution is -0.134. The van der Waals surface area contributed by atoms with Crippen LogP contribution in [0.2, 0.25) is 0 Å². The number of hydrogen-bond donors (Lipinski definition) is 1. The maximum Gasteiger partial charge on any atom is 0.260 e. The van der Waals surface area contributed by atoms with E-state index in [0.717, 1.165) is 38.0 Å². The van der Waals surface area contributed by atoms with Crippen molar-refractivity contribution in [1.29, 1.82) is 0 Å². The minimum Gasteiger partial charge on any atom is -0.493 e. The van der Waals surface area contributed by atoms with Crippen molar-refractivity contribution in [3.63, 3.8) is 0 Å². The number of carbonyl (C=O) groups excluding carboxylic acids is 1. The molecular weight excluding hydrogens is 268 g/mol. The number of likely N-dealkylation sites (tertiary alicyclic amines) is 1. The zero-order valence-electron chi connectivity index (χ0n) is 12.9. The average Bonchev–Trinajstić information content (AvgIpc) is 2.54. The van der Waals surface area contributed by atoms with E-state index in [1.54, 1.807) is 7.11 Å². The van der Waals surface area contributed by atoms with Gasteiger partial charge in [0.15, 0.2) is 18.1 Å². The van der Waals surface area contributed by atoms with Crippen LogP contribution in [0.5, 0.6) is 11.5 Å². The topological polar surface area (TPSA) is 50.8 Å². The van der Waals surface area contributed by atoms with Crippen LogP contribution in [0.1, 0.15) is 24.8 Å². The van der Waals surface area contributed by atoms with E-state index in [-0.39, 0.29) is 12.5 Å². The molecule has 5 heteroatoms. The molecule has 0 spiro atoms. The fourth-order valence-corrected chi connectivity index (χ4v) is 2.52. The Balaban J connectivity index is 1.94. The van der Waals surface area contributed by atoms with Crippen LogP contribution >= 0.6 is 0 Å². The molecule has 1 amide bonds. The van der Waals surface area contributed by atoms with Crippen molar-refractivity contribution in [2.45, 2.75) is 25.8 Å². The van der Waals surface area contributed by atoms with Gasteiger partial charge in [-0.2, -0.15) is 0 Å². The number of carbonyl (C=O) groups is 1. The smallest absolute Gasteiger partial charge is 0.260 e. The van der Waals surface area contributed by atoms with Gasteiger partial charge in [0.05, 0.1) is 7.11 Å². The summed E-state index contributed by atoms with van der Waals surface area (Å²) in [6, 6.07) is 5.76. The van der Waals surface area contributed by atoms with Gasteiger partial charge in [-0.05, 0) is 44.0 Å². The normalized spacial score (nSPS) is 14.9. The molecule has 1 N–H and O–H groups in total. The van der Waals surface area contributed by atoms with E-state index in [9.17, 15) is 4.79 Å². The molecule has 0 saturated carbocycles. The number of rotatable bonds is 6. The van der Waals surface area contributed by atoms with Crippen molar-refractivity contribution in [2.75, 3.05) is 33.9 Å². The highest BCUT2D eigenvalue weighted by Gasteiger charge is 2.17. The second-order valence-corrected chi connectivity index (χ2v) is 5.25. The van der Waals surface area contributed by atoms with Crippen LogP contribution < -0.4 is 14.8 Å². The van der Waals surface area contributed by atoms with Crippen molar-refractivity contribution >= 4 is 5.91 Å². The maximum atomic E-state index is 12.1. The summed E-state index contributed by atoms with van der Waals surface area (Å²) >= 11 is 0. The first-order valence-corrected chi connectivity index (χ1v) is 7.46. The van der Waals surface area contributed by atoms with Crippen molar-refractivity contribution in [2.24, 2.45) is 0 Å². The number of nitrogens with zero attached hydrogens (tertiary/aromatic N) is 1. The highest BCUT2D eigenvalue weighted by molar-refractivity contribution is 5.78. The van der Waals surface area contributed by atoms with Crippen molar-refractivity contribution in [3.05, 3.63) is 23.8 Å². The van der Waals surface area contributed by atoms with E-state index in [0.29, 0.717) is 11.5 Å². The molecule has 0 unspecified atom stereocenters. The average molecular weight is 292 g/mol. The van der Waals surface area contributed by atoms with Crippen LogP contribution in [0.15, 0.2) is 18.2 Å².